The fourth-order valence-corrected chi connectivity index (χ4v) is 3.74. The Morgan fingerprint density at radius 1 is 1.22 bits per heavy atom. The fraction of sp³-hybridized carbons (Fsp3) is 0.130. The van der Waals surface area contributed by atoms with Crippen LogP contribution in [0.5, 0.6) is 0 Å². The minimum atomic E-state index is -0.339. The molecule has 0 aliphatic carbocycles. The van der Waals surface area contributed by atoms with E-state index in [0.717, 1.165) is 10.9 Å². The lowest BCUT2D eigenvalue weighted by Crippen LogP contribution is -2.26. The van der Waals surface area contributed by atoms with Crippen molar-refractivity contribution >= 4 is 33.7 Å². The maximum Gasteiger partial charge on any atom is 0.255 e. The number of aromatic nitrogens is 5. The Morgan fingerprint density at radius 3 is 2.78 bits per heavy atom. The smallest absolute Gasteiger partial charge is 0.255 e. The highest BCUT2D eigenvalue weighted by atomic mass is 19.1. The number of carbonyl (C=O) groups excluding carboxylic acids is 1. The predicted molar refractivity (Wildman–Crippen MR) is 120 cm³/mol. The average Bonchev–Trinajstić information content (AvgIpc) is 3.35. The number of halogens is 1. The van der Waals surface area contributed by atoms with Crippen LogP contribution >= 0.6 is 0 Å². The molecule has 0 unspecified atom stereocenters. The first-order valence-electron chi connectivity index (χ1n) is 10.0. The molecule has 4 N–H and O–H groups in total. The zero-order chi connectivity index (χ0) is 22.4. The zero-order valence-corrected chi connectivity index (χ0v) is 17.4. The molecule has 8 nitrogen and oxygen atoms in total. The van der Waals surface area contributed by atoms with Crippen LogP contribution in [0.3, 0.4) is 0 Å². The van der Waals surface area contributed by atoms with E-state index in [1.54, 1.807) is 42.3 Å². The van der Waals surface area contributed by atoms with E-state index < -0.39 is 0 Å². The largest absolute Gasteiger partial charge is 0.399 e. The highest BCUT2D eigenvalue weighted by Crippen LogP contribution is 2.28. The molecule has 0 saturated heterocycles. The summed E-state index contributed by atoms with van der Waals surface area (Å²) >= 11 is 0. The number of aryl methyl sites for hydroxylation is 1. The number of fused-ring (bicyclic) bond motifs is 2. The summed E-state index contributed by atoms with van der Waals surface area (Å²) in [7, 11) is 1.74. The molecule has 1 amide bonds. The maximum absolute atomic E-state index is 13.7. The highest BCUT2D eigenvalue weighted by molar-refractivity contribution is 6.05. The van der Waals surface area contributed by atoms with Gasteiger partial charge in [0.1, 0.15) is 22.7 Å². The third-order valence-corrected chi connectivity index (χ3v) is 5.47. The molecule has 0 spiro atoms. The monoisotopic (exact) mass is 429 g/mol. The van der Waals surface area contributed by atoms with Gasteiger partial charge in [0.05, 0.1) is 23.3 Å². The zero-order valence-electron chi connectivity index (χ0n) is 17.4. The molecule has 0 radical (unpaired) electrons. The number of nitrogens with one attached hydrogen (secondary N) is 2. The maximum atomic E-state index is 13.7. The van der Waals surface area contributed by atoms with Gasteiger partial charge in [-0.25, -0.2) is 14.4 Å². The van der Waals surface area contributed by atoms with Gasteiger partial charge >= 0.3 is 0 Å². The molecular weight excluding hydrogens is 409 g/mol. The van der Waals surface area contributed by atoms with Crippen molar-refractivity contribution in [1.29, 1.82) is 0 Å². The summed E-state index contributed by atoms with van der Waals surface area (Å²) in [6, 6.07) is 11.6. The van der Waals surface area contributed by atoms with E-state index in [1.165, 1.54) is 12.1 Å². The van der Waals surface area contributed by atoms with Gasteiger partial charge in [0, 0.05) is 24.3 Å². The van der Waals surface area contributed by atoms with Crippen molar-refractivity contribution in [1.82, 2.24) is 30.0 Å². The van der Waals surface area contributed by atoms with Crippen LogP contribution in [0.1, 0.15) is 28.9 Å². The number of carbonyl (C=O) groups is 1. The Morgan fingerprint density at radius 2 is 2.00 bits per heavy atom. The summed E-state index contributed by atoms with van der Waals surface area (Å²) in [4.78, 5) is 25.0. The van der Waals surface area contributed by atoms with Crippen LogP contribution in [0.4, 0.5) is 10.1 Å². The van der Waals surface area contributed by atoms with Crippen LogP contribution in [0.15, 0.2) is 54.9 Å². The standard InChI is InChI=1S/C23H20FN7O/c1-12(13-3-6-15(25)7-4-13)28-23(32)17-10-26-22-21(17)29-18(11-27-22)20-16-8-5-14(24)9-19(16)31(2)30-20/h3-12H,25H2,1-2H3,(H,26,27)(H,28,32)/t12-/m1/s1. The van der Waals surface area contributed by atoms with E-state index in [9.17, 15) is 9.18 Å². The van der Waals surface area contributed by atoms with Crippen molar-refractivity contribution in [2.45, 2.75) is 13.0 Å². The minimum absolute atomic E-state index is 0.223. The SMILES string of the molecule is C[C@@H](NC(=O)c1c[nH]c2ncc(-c3nn(C)c4cc(F)ccc34)nc12)c1ccc(N)cc1. The number of amides is 1. The number of anilines is 1. The molecule has 0 aliphatic heterocycles. The Hall–Kier alpha value is -4.27. The van der Waals surface area contributed by atoms with Crippen LogP contribution in [-0.2, 0) is 7.05 Å². The van der Waals surface area contributed by atoms with Crippen molar-refractivity contribution in [3.8, 4) is 11.4 Å². The van der Waals surface area contributed by atoms with E-state index in [4.69, 9.17) is 5.73 Å². The van der Waals surface area contributed by atoms with E-state index >= 15 is 0 Å². The Labute approximate surface area is 182 Å². The number of H-pyrrole nitrogens is 1. The number of hydrogen-bond donors (Lipinski definition) is 3. The second kappa shape index (κ2) is 7.45. The third kappa shape index (κ3) is 3.33. The van der Waals surface area contributed by atoms with Gasteiger partial charge in [0.2, 0.25) is 0 Å². The Kier molecular flexibility index (Phi) is 4.58. The summed E-state index contributed by atoms with van der Waals surface area (Å²) in [6.07, 6.45) is 3.17. The molecule has 0 aliphatic rings. The van der Waals surface area contributed by atoms with Crippen LogP contribution < -0.4 is 11.1 Å². The quantitative estimate of drug-likeness (QED) is 0.377. The highest BCUT2D eigenvalue weighted by Gasteiger charge is 2.19. The van der Waals surface area contributed by atoms with Gasteiger partial charge in [0.15, 0.2) is 5.65 Å². The summed E-state index contributed by atoms with van der Waals surface area (Å²) in [5, 5.41) is 8.22. The second-order valence-electron chi connectivity index (χ2n) is 7.65. The molecule has 0 saturated carbocycles. The molecule has 32 heavy (non-hydrogen) atoms. The van der Waals surface area contributed by atoms with Crippen molar-refractivity contribution in [3.05, 3.63) is 71.8 Å². The molecule has 5 aromatic rings. The number of nitrogens with two attached hydrogens (primary N) is 1. The first kappa shape index (κ1) is 19.7. The molecule has 1 atom stereocenters. The molecule has 3 heterocycles. The topological polar surface area (TPSA) is 115 Å². The van der Waals surface area contributed by atoms with Gasteiger partial charge in [-0.1, -0.05) is 12.1 Å². The average molecular weight is 429 g/mol. The van der Waals surface area contributed by atoms with Gasteiger partial charge < -0.3 is 16.0 Å². The van der Waals surface area contributed by atoms with E-state index in [2.05, 4.69) is 25.4 Å². The molecular formula is C23H20FN7O. The summed E-state index contributed by atoms with van der Waals surface area (Å²) in [5.41, 5.74) is 10.4. The first-order valence-corrected chi connectivity index (χ1v) is 10.0. The Balaban J connectivity index is 1.50. The van der Waals surface area contributed by atoms with Crippen molar-refractivity contribution in [3.63, 3.8) is 0 Å². The molecule has 9 heteroatoms. The third-order valence-electron chi connectivity index (χ3n) is 5.47. The summed E-state index contributed by atoms with van der Waals surface area (Å²) in [5.74, 6) is -0.617. The predicted octanol–water partition coefficient (Wildman–Crippen LogP) is 3.72. The lowest BCUT2D eigenvalue weighted by molar-refractivity contribution is 0.0941. The number of rotatable bonds is 4. The first-order chi connectivity index (χ1) is 15.4. The van der Waals surface area contributed by atoms with E-state index in [0.29, 0.717) is 39.3 Å². The van der Waals surface area contributed by atoms with E-state index in [-0.39, 0.29) is 17.8 Å². The molecule has 0 bridgehead atoms. The van der Waals surface area contributed by atoms with E-state index in [1.807, 2.05) is 19.1 Å². The molecule has 2 aromatic carbocycles. The minimum Gasteiger partial charge on any atom is -0.399 e. The van der Waals surface area contributed by atoms with Crippen molar-refractivity contribution in [2.75, 3.05) is 5.73 Å². The number of aromatic amines is 1. The summed E-state index contributed by atoms with van der Waals surface area (Å²) in [6.45, 7) is 1.90. The van der Waals surface area contributed by atoms with Crippen LogP contribution in [0.25, 0.3) is 33.5 Å². The van der Waals surface area contributed by atoms with Gasteiger partial charge in [-0.3, -0.25) is 9.48 Å². The second-order valence-corrected chi connectivity index (χ2v) is 7.65. The van der Waals surface area contributed by atoms with Crippen LogP contribution in [-0.4, -0.2) is 30.6 Å². The number of nitrogens with zero attached hydrogens (tertiary/aromatic N) is 4. The van der Waals surface area contributed by atoms with Crippen LogP contribution in [0, 0.1) is 5.82 Å². The lowest BCUT2D eigenvalue weighted by Gasteiger charge is -2.14. The molecule has 160 valence electrons. The normalized spacial score (nSPS) is 12.3. The van der Waals surface area contributed by atoms with Gasteiger partial charge in [-0.05, 0) is 42.8 Å². The number of hydrogen-bond acceptors (Lipinski definition) is 5. The Bertz CT molecular complexity index is 1470. The van der Waals surface area contributed by atoms with Gasteiger partial charge in [-0.15, -0.1) is 0 Å². The molecule has 5 rings (SSSR count). The molecule has 0 fully saturated rings. The molecule has 3 aromatic heterocycles. The van der Waals surface area contributed by atoms with Crippen molar-refractivity contribution < 1.29 is 9.18 Å². The summed E-state index contributed by atoms with van der Waals surface area (Å²) < 4.78 is 15.3. The number of nitrogen functional groups attached to an aromatic ring is 1. The van der Waals surface area contributed by atoms with Gasteiger partial charge in [0.25, 0.3) is 5.91 Å². The van der Waals surface area contributed by atoms with Crippen LogP contribution in [0.2, 0.25) is 0 Å². The fourth-order valence-electron chi connectivity index (χ4n) is 3.74. The number of benzene rings is 2. The lowest BCUT2D eigenvalue weighted by atomic mass is 10.1. The van der Waals surface area contributed by atoms with Crippen molar-refractivity contribution in [2.24, 2.45) is 7.05 Å². The van der Waals surface area contributed by atoms with Gasteiger partial charge in [-0.2, -0.15) is 5.10 Å².